The quantitative estimate of drug-likeness (QED) is 0.653. The lowest BCUT2D eigenvalue weighted by Gasteiger charge is -2.31. The fourth-order valence-electron chi connectivity index (χ4n) is 1.72. The van der Waals surface area contributed by atoms with Gasteiger partial charge in [-0.05, 0) is 6.92 Å². The molecule has 6 heteroatoms. The van der Waals surface area contributed by atoms with Gasteiger partial charge in [0.2, 0.25) is 5.91 Å². The summed E-state index contributed by atoms with van der Waals surface area (Å²) in [5.41, 5.74) is 0. The first kappa shape index (κ1) is 13.9. The third-order valence-electron chi connectivity index (χ3n) is 2.64. The summed E-state index contributed by atoms with van der Waals surface area (Å²) in [5.74, 6) is -0.318. The molecule has 1 heterocycles. The largest absolute Gasteiger partial charge is 0.467 e. The number of nitrogens with zero attached hydrogens (tertiary/aromatic N) is 1. The SMILES string of the molecule is CCNC(=O)CCN1CCOC(C(=O)OC)C1. The molecule has 0 spiro atoms. The van der Waals surface area contributed by atoms with Crippen molar-refractivity contribution in [2.45, 2.75) is 19.4 Å². The normalized spacial score (nSPS) is 20.9. The predicted molar refractivity (Wildman–Crippen MR) is 61.5 cm³/mol. The molecule has 17 heavy (non-hydrogen) atoms. The number of rotatable bonds is 5. The van der Waals surface area contributed by atoms with Crippen molar-refractivity contribution in [1.82, 2.24) is 10.2 Å². The van der Waals surface area contributed by atoms with Gasteiger partial charge in [0.05, 0.1) is 13.7 Å². The van der Waals surface area contributed by atoms with Gasteiger partial charge >= 0.3 is 5.97 Å². The number of ether oxygens (including phenoxy) is 2. The van der Waals surface area contributed by atoms with Gasteiger partial charge in [-0.15, -0.1) is 0 Å². The molecule has 0 aromatic carbocycles. The highest BCUT2D eigenvalue weighted by atomic mass is 16.6. The molecular weight excluding hydrogens is 224 g/mol. The van der Waals surface area contributed by atoms with Crippen molar-refractivity contribution in [3.05, 3.63) is 0 Å². The first-order valence-electron chi connectivity index (χ1n) is 5.85. The minimum Gasteiger partial charge on any atom is -0.467 e. The lowest BCUT2D eigenvalue weighted by atomic mass is 10.2. The number of carbonyl (C=O) groups excluding carboxylic acids is 2. The first-order chi connectivity index (χ1) is 8.17. The Morgan fingerprint density at radius 3 is 2.94 bits per heavy atom. The third-order valence-corrected chi connectivity index (χ3v) is 2.64. The topological polar surface area (TPSA) is 67.9 Å². The van der Waals surface area contributed by atoms with Crippen molar-refractivity contribution in [1.29, 1.82) is 0 Å². The van der Waals surface area contributed by atoms with Gasteiger partial charge < -0.3 is 14.8 Å². The molecule has 1 aliphatic rings. The summed E-state index contributed by atoms with van der Waals surface area (Å²) in [5, 5.41) is 2.74. The van der Waals surface area contributed by atoms with Gasteiger partial charge in [-0.3, -0.25) is 9.69 Å². The average molecular weight is 244 g/mol. The van der Waals surface area contributed by atoms with Gasteiger partial charge in [0.1, 0.15) is 0 Å². The number of hydrogen-bond acceptors (Lipinski definition) is 5. The summed E-state index contributed by atoms with van der Waals surface area (Å²) < 4.78 is 9.93. The van der Waals surface area contributed by atoms with Gasteiger partial charge in [-0.2, -0.15) is 0 Å². The number of esters is 1. The maximum Gasteiger partial charge on any atom is 0.336 e. The maximum absolute atomic E-state index is 11.3. The molecule has 0 saturated carbocycles. The van der Waals surface area contributed by atoms with E-state index < -0.39 is 6.10 Å². The molecular formula is C11H20N2O4. The van der Waals surface area contributed by atoms with Crippen molar-refractivity contribution in [3.8, 4) is 0 Å². The molecule has 0 radical (unpaired) electrons. The van der Waals surface area contributed by atoms with Gasteiger partial charge in [-0.1, -0.05) is 0 Å². The molecule has 1 rings (SSSR count). The minimum absolute atomic E-state index is 0.0357. The summed E-state index contributed by atoms with van der Waals surface area (Å²) >= 11 is 0. The van der Waals surface area contributed by atoms with Gasteiger partial charge in [0.25, 0.3) is 0 Å². The average Bonchev–Trinajstić information content (AvgIpc) is 2.36. The van der Waals surface area contributed by atoms with Crippen molar-refractivity contribution < 1.29 is 19.1 Å². The summed E-state index contributed by atoms with van der Waals surface area (Å²) in [6, 6.07) is 0. The number of carbonyl (C=O) groups is 2. The number of amides is 1. The van der Waals surface area contributed by atoms with Crippen LogP contribution in [0.15, 0.2) is 0 Å². The van der Waals surface area contributed by atoms with Crippen LogP contribution >= 0.6 is 0 Å². The van der Waals surface area contributed by atoms with E-state index in [1.54, 1.807) is 0 Å². The fourth-order valence-corrected chi connectivity index (χ4v) is 1.72. The zero-order valence-electron chi connectivity index (χ0n) is 10.4. The minimum atomic E-state index is -0.525. The van der Waals surface area contributed by atoms with Crippen molar-refractivity contribution >= 4 is 11.9 Å². The highest BCUT2D eigenvalue weighted by Crippen LogP contribution is 2.07. The summed E-state index contributed by atoms with van der Waals surface area (Å²) in [6.07, 6.45) is -0.0788. The molecule has 98 valence electrons. The number of methoxy groups -OCH3 is 1. The maximum atomic E-state index is 11.3. The van der Waals surface area contributed by atoms with E-state index in [-0.39, 0.29) is 11.9 Å². The summed E-state index contributed by atoms with van der Waals surface area (Å²) in [6.45, 7) is 4.91. The number of morpholine rings is 1. The Morgan fingerprint density at radius 2 is 2.29 bits per heavy atom. The van der Waals surface area contributed by atoms with Crippen LogP contribution in [0, 0.1) is 0 Å². The van der Waals surface area contributed by atoms with Crippen LogP contribution in [0.4, 0.5) is 0 Å². The molecule has 0 aromatic heterocycles. The van der Waals surface area contributed by atoms with Crippen LogP contribution in [0.25, 0.3) is 0 Å². The van der Waals surface area contributed by atoms with E-state index in [1.807, 2.05) is 11.8 Å². The second-order valence-corrected chi connectivity index (χ2v) is 3.89. The molecule has 0 aliphatic carbocycles. The summed E-state index contributed by atoms with van der Waals surface area (Å²) in [7, 11) is 1.35. The Kier molecular flexibility index (Phi) is 5.93. The van der Waals surface area contributed by atoms with Crippen molar-refractivity contribution in [2.75, 3.05) is 39.9 Å². The van der Waals surface area contributed by atoms with Crippen LogP contribution < -0.4 is 5.32 Å². The summed E-state index contributed by atoms with van der Waals surface area (Å²) in [4.78, 5) is 24.6. The Balaban J connectivity index is 2.29. The smallest absolute Gasteiger partial charge is 0.336 e. The van der Waals surface area contributed by atoms with Crippen molar-refractivity contribution in [2.24, 2.45) is 0 Å². The first-order valence-corrected chi connectivity index (χ1v) is 5.85. The lowest BCUT2D eigenvalue weighted by molar-refractivity contribution is -0.159. The van der Waals surface area contributed by atoms with Crippen LogP contribution in [0.5, 0.6) is 0 Å². The van der Waals surface area contributed by atoms with E-state index in [4.69, 9.17) is 4.74 Å². The lowest BCUT2D eigenvalue weighted by Crippen LogP contribution is -2.47. The number of hydrogen-bond donors (Lipinski definition) is 1. The molecule has 1 fully saturated rings. The van der Waals surface area contributed by atoms with Crippen LogP contribution in [-0.4, -0.2) is 62.8 Å². The second kappa shape index (κ2) is 7.24. The van der Waals surface area contributed by atoms with Crippen LogP contribution in [0.1, 0.15) is 13.3 Å². The monoisotopic (exact) mass is 244 g/mol. The Bertz CT molecular complexity index is 270. The second-order valence-electron chi connectivity index (χ2n) is 3.89. The van der Waals surface area contributed by atoms with E-state index in [1.165, 1.54) is 7.11 Å². The highest BCUT2D eigenvalue weighted by Gasteiger charge is 2.27. The predicted octanol–water partition coefficient (Wildman–Crippen LogP) is -0.614. The van der Waals surface area contributed by atoms with Crippen LogP contribution in [-0.2, 0) is 19.1 Å². The number of nitrogens with one attached hydrogen (secondary N) is 1. The molecule has 1 N–H and O–H groups in total. The zero-order valence-corrected chi connectivity index (χ0v) is 10.4. The Hall–Kier alpha value is -1.14. The molecule has 1 amide bonds. The van der Waals surface area contributed by atoms with E-state index >= 15 is 0 Å². The van der Waals surface area contributed by atoms with Gasteiger partial charge in [0.15, 0.2) is 6.10 Å². The third kappa shape index (κ3) is 4.70. The van der Waals surface area contributed by atoms with E-state index in [9.17, 15) is 9.59 Å². The van der Waals surface area contributed by atoms with Gasteiger partial charge in [-0.25, -0.2) is 4.79 Å². The molecule has 1 unspecified atom stereocenters. The van der Waals surface area contributed by atoms with Crippen LogP contribution in [0.2, 0.25) is 0 Å². The van der Waals surface area contributed by atoms with Crippen LogP contribution in [0.3, 0.4) is 0 Å². The molecule has 0 bridgehead atoms. The molecule has 1 atom stereocenters. The van der Waals surface area contributed by atoms with Gasteiger partial charge in [0, 0.05) is 32.6 Å². The highest BCUT2D eigenvalue weighted by molar-refractivity contribution is 5.76. The molecule has 1 aliphatic heterocycles. The van der Waals surface area contributed by atoms with Crippen molar-refractivity contribution in [3.63, 3.8) is 0 Å². The standard InChI is InChI=1S/C11H20N2O4/c1-3-12-10(14)4-5-13-6-7-17-9(8-13)11(15)16-2/h9H,3-8H2,1-2H3,(H,12,14). The Morgan fingerprint density at radius 1 is 1.53 bits per heavy atom. The molecule has 1 saturated heterocycles. The fraction of sp³-hybridized carbons (Fsp3) is 0.818. The van der Waals surface area contributed by atoms with E-state index in [2.05, 4.69) is 10.1 Å². The van der Waals surface area contributed by atoms with E-state index in [0.29, 0.717) is 32.7 Å². The zero-order chi connectivity index (χ0) is 12.7. The molecule has 6 nitrogen and oxygen atoms in total. The molecule has 0 aromatic rings. The van der Waals surface area contributed by atoms with E-state index in [0.717, 1.165) is 6.54 Å². The Labute approximate surface area is 101 Å².